The molecule has 2 heterocycles. The predicted octanol–water partition coefficient (Wildman–Crippen LogP) is 0.343. The van der Waals surface area contributed by atoms with Gasteiger partial charge >= 0.3 is 5.97 Å². The molecule has 0 unspecified atom stereocenters. The third-order valence-electron chi connectivity index (χ3n) is 3.10. The average molecular weight is 238 g/mol. The molecule has 0 aromatic carbocycles. The van der Waals surface area contributed by atoms with Crippen molar-refractivity contribution in [2.45, 2.75) is 31.8 Å². The Hall–Kier alpha value is -1.43. The number of aromatic nitrogens is 3. The Balaban J connectivity index is 2.03. The summed E-state index contributed by atoms with van der Waals surface area (Å²) >= 11 is 0. The van der Waals surface area contributed by atoms with Crippen LogP contribution in [0.2, 0.25) is 0 Å². The van der Waals surface area contributed by atoms with Crippen molar-refractivity contribution in [3.8, 4) is 0 Å². The highest BCUT2D eigenvalue weighted by Gasteiger charge is 2.29. The Morgan fingerprint density at radius 2 is 2.41 bits per heavy atom. The molecular formula is C11H18N4O2. The Labute approximate surface area is 101 Å². The Bertz CT molecular complexity index is 391. The highest BCUT2D eigenvalue weighted by molar-refractivity contribution is 5.75. The van der Waals surface area contributed by atoms with E-state index in [2.05, 4.69) is 15.2 Å². The van der Waals surface area contributed by atoms with E-state index in [-0.39, 0.29) is 12.0 Å². The average Bonchev–Trinajstić information content (AvgIpc) is 2.74. The number of rotatable bonds is 3. The molecule has 0 bridgehead atoms. The van der Waals surface area contributed by atoms with Gasteiger partial charge in [0.05, 0.1) is 12.8 Å². The number of likely N-dealkylation sites (tertiary alicyclic amines) is 1. The maximum Gasteiger partial charge on any atom is 0.323 e. The lowest BCUT2D eigenvalue weighted by atomic mass is 10.0. The summed E-state index contributed by atoms with van der Waals surface area (Å²) in [4.78, 5) is 13.8. The third kappa shape index (κ3) is 2.82. The van der Waals surface area contributed by atoms with E-state index in [1.54, 1.807) is 4.68 Å². The molecule has 1 atom stereocenters. The van der Waals surface area contributed by atoms with Crippen molar-refractivity contribution in [2.24, 2.45) is 7.05 Å². The molecule has 0 aliphatic carbocycles. The van der Waals surface area contributed by atoms with E-state index in [0.717, 1.165) is 31.5 Å². The van der Waals surface area contributed by atoms with Gasteiger partial charge in [0, 0.05) is 19.8 Å². The van der Waals surface area contributed by atoms with Crippen molar-refractivity contribution in [1.29, 1.82) is 0 Å². The van der Waals surface area contributed by atoms with Crippen LogP contribution in [-0.4, -0.2) is 45.6 Å². The molecule has 17 heavy (non-hydrogen) atoms. The van der Waals surface area contributed by atoms with Gasteiger partial charge in [0.2, 0.25) is 0 Å². The van der Waals surface area contributed by atoms with Crippen molar-refractivity contribution in [3.05, 3.63) is 11.9 Å². The van der Waals surface area contributed by atoms with Gasteiger partial charge in [-0.3, -0.25) is 14.4 Å². The molecular weight excluding hydrogens is 220 g/mol. The van der Waals surface area contributed by atoms with Crippen LogP contribution in [0.5, 0.6) is 0 Å². The minimum Gasteiger partial charge on any atom is -0.468 e. The summed E-state index contributed by atoms with van der Waals surface area (Å²) < 4.78 is 6.51. The minimum absolute atomic E-state index is 0.129. The first-order chi connectivity index (χ1) is 8.20. The number of hydrogen-bond donors (Lipinski definition) is 0. The summed E-state index contributed by atoms with van der Waals surface area (Å²) in [5.41, 5.74) is 0.892. The maximum atomic E-state index is 11.7. The molecule has 0 amide bonds. The molecule has 94 valence electrons. The van der Waals surface area contributed by atoms with Crippen molar-refractivity contribution in [2.75, 3.05) is 13.7 Å². The van der Waals surface area contributed by atoms with E-state index in [1.165, 1.54) is 7.11 Å². The molecule has 2 rings (SSSR count). The largest absolute Gasteiger partial charge is 0.468 e. The van der Waals surface area contributed by atoms with Gasteiger partial charge in [-0.1, -0.05) is 11.6 Å². The summed E-state index contributed by atoms with van der Waals surface area (Å²) in [6.07, 6.45) is 4.94. The molecule has 1 fully saturated rings. The van der Waals surface area contributed by atoms with Crippen molar-refractivity contribution in [1.82, 2.24) is 19.9 Å². The molecule has 1 aromatic rings. The van der Waals surface area contributed by atoms with Gasteiger partial charge in [-0.05, 0) is 19.4 Å². The molecule has 1 aliphatic rings. The number of piperidine rings is 1. The first-order valence-electron chi connectivity index (χ1n) is 5.88. The first-order valence-corrected chi connectivity index (χ1v) is 5.88. The van der Waals surface area contributed by atoms with Gasteiger partial charge in [-0.2, -0.15) is 0 Å². The van der Waals surface area contributed by atoms with Gasteiger partial charge in [0.15, 0.2) is 0 Å². The van der Waals surface area contributed by atoms with Crippen molar-refractivity contribution < 1.29 is 9.53 Å². The molecule has 6 nitrogen and oxygen atoms in total. The zero-order valence-corrected chi connectivity index (χ0v) is 10.3. The molecule has 1 aromatic heterocycles. The summed E-state index contributed by atoms with van der Waals surface area (Å²) in [7, 11) is 3.28. The number of hydrogen-bond acceptors (Lipinski definition) is 5. The second-order valence-electron chi connectivity index (χ2n) is 4.39. The van der Waals surface area contributed by atoms with Crippen molar-refractivity contribution >= 4 is 5.97 Å². The number of ether oxygens (including phenoxy) is 1. The van der Waals surface area contributed by atoms with Crippen LogP contribution in [0.1, 0.15) is 25.0 Å². The van der Waals surface area contributed by atoms with Crippen LogP contribution >= 0.6 is 0 Å². The SMILES string of the molecule is COC(=O)[C@H]1CCCCN1Cc1cn(C)nn1. The zero-order valence-electron chi connectivity index (χ0n) is 10.3. The summed E-state index contributed by atoms with van der Waals surface area (Å²) in [6.45, 7) is 1.57. The molecule has 0 N–H and O–H groups in total. The second kappa shape index (κ2) is 5.27. The number of esters is 1. The van der Waals surface area contributed by atoms with E-state index in [1.807, 2.05) is 13.2 Å². The predicted molar refractivity (Wildman–Crippen MR) is 61.1 cm³/mol. The van der Waals surface area contributed by atoms with E-state index in [4.69, 9.17) is 4.74 Å². The quantitative estimate of drug-likeness (QED) is 0.711. The van der Waals surface area contributed by atoms with Gasteiger partial charge < -0.3 is 4.74 Å². The van der Waals surface area contributed by atoms with Crippen LogP contribution in [0.3, 0.4) is 0 Å². The first kappa shape index (κ1) is 12.0. The fourth-order valence-electron chi connectivity index (χ4n) is 2.26. The lowest BCUT2D eigenvalue weighted by Crippen LogP contribution is -2.44. The van der Waals surface area contributed by atoms with E-state index < -0.39 is 0 Å². The third-order valence-corrected chi connectivity index (χ3v) is 3.10. The zero-order chi connectivity index (χ0) is 12.3. The number of nitrogens with zero attached hydrogens (tertiary/aromatic N) is 4. The Morgan fingerprint density at radius 1 is 1.59 bits per heavy atom. The van der Waals surface area contributed by atoms with Gasteiger partial charge in [0.25, 0.3) is 0 Å². The monoisotopic (exact) mass is 238 g/mol. The number of aryl methyl sites for hydroxylation is 1. The van der Waals surface area contributed by atoms with Crippen LogP contribution in [0, 0.1) is 0 Å². The normalized spacial score (nSPS) is 21.4. The molecule has 0 radical (unpaired) electrons. The Kier molecular flexibility index (Phi) is 3.73. The standard InChI is InChI=1S/C11H18N4O2/c1-14-7-9(12-13-14)8-15-6-4-3-5-10(15)11(16)17-2/h7,10H,3-6,8H2,1-2H3/t10-/m1/s1. The van der Waals surface area contributed by atoms with Gasteiger partial charge in [-0.25, -0.2) is 0 Å². The molecule has 6 heteroatoms. The lowest BCUT2D eigenvalue weighted by Gasteiger charge is -2.32. The highest BCUT2D eigenvalue weighted by atomic mass is 16.5. The molecule has 0 spiro atoms. The minimum atomic E-state index is -0.145. The van der Waals surface area contributed by atoms with Gasteiger partial charge in [-0.15, -0.1) is 5.10 Å². The van der Waals surface area contributed by atoms with E-state index >= 15 is 0 Å². The van der Waals surface area contributed by atoms with Gasteiger partial charge in [0.1, 0.15) is 6.04 Å². The van der Waals surface area contributed by atoms with Crippen LogP contribution in [0.15, 0.2) is 6.20 Å². The van der Waals surface area contributed by atoms with E-state index in [9.17, 15) is 4.79 Å². The van der Waals surface area contributed by atoms with Crippen LogP contribution in [0.25, 0.3) is 0 Å². The number of carbonyl (C=O) groups is 1. The number of carbonyl (C=O) groups excluding carboxylic acids is 1. The summed E-state index contributed by atoms with van der Waals surface area (Å²) in [6, 6.07) is -0.129. The molecule has 1 saturated heterocycles. The smallest absolute Gasteiger partial charge is 0.323 e. The summed E-state index contributed by atoms with van der Waals surface area (Å²) in [5.74, 6) is -0.145. The Morgan fingerprint density at radius 3 is 3.06 bits per heavy atom. The van der Waals surface area contributed by atoms with Crippen molar-refractivity contribution in [3.63, 3.8) is 0 Å². The topological polar surface area (TPSA) is 60.2 Å². The summed E-state index contributed by atoms with van der Waals surface area (Å²) in [5, 5.41) is 7.94. The van der Waals surface area contributed by atoms with Crippen LogP contribution in [-0.2, 0) is 23.1 Å². The fourth-order valence-corrected chi connectivity index (χ4v) is 2.26. The number of methoxy groups -OCH3 is 1. The van der Waals surface area contributed by atoms with E-state index in [0.29, 0.717) is 6.54 Å². The van der Waals surface area contributed by atoms with Crippen LogP contribution in [0.4, 0.5) is 0 Å². The molecule has 1 aliphatic heterocycles. The lowest BCUT2D eigenvalue weighted by molar-refractivity contribution is -0.148. The molecule has 0 saturated carbocycles. The fraction of sp³-hybridized carbons (Fsp3) is 0.727. The van der Waals surface area contributed by atoms with Crippen LogP contribution < -0.4 is 0 Å². The second-order valence-corrected chi connectivity index (χ2v) is 4.39. The maximum absolute atomic E-state index is 11.7. The highest BCUT2D eigenvalue weighted by Crippen LogP contribution is 2.19.